The third-order valence-corrected chi connectivity index (χ3v) is 2.44. The molecule has 0 spiro atoms. The standard InChI is InChI=1S/C11H14N2O/c1-7(6-12)9-3-4-11-10(5-9)13-8(2)14-11/h3-5,7H,6,12H2,1-2H3. The molecule has 1 atom stereocenters. The number of oxazole rings is 1. The SMILES string of the molecule is Cc1nc2cc(C(C)CN)ccc2o1. The van der Waals surface area contributed by atoms with Gasteiger partial charge in [0.1, 0.15) is 5.52 Å². The van der Waals surface area contributed by atoms with Gasteiger partial charge >= 0.3 is 0 Å². The molecule has 1 unspecified atom stereocenters. The van der Waals surface area contributed by atoms with Gasteiger partial charge in [-0.25, -0.2) is 4.98 Å². The van der Waals surface area contributed by atoms with E-state index in [4.69, 9.17) is 10.2 Å². The summed E-state index contributed by atoms with van der Waals surface area (Å²) in [6.07, 6.45) is 0. The Morgan fingerprint density at radius 2 is 2.29 bits per heavy atom. The van der Waals surface area contributed by atoms with E-state index < -0.39 is 0 Å². The largest absolute Gasteiger partial charge is 0.441 e. The quantitative estimate of drug-likeness (QED) is 0.789. The zero-order valence-electron chi connectivity index (χ0n) is 8.45. The second-order valence-electron chi connectivity index (χ2n) is 3.60. The number of nitrogens with two attached hydrogens (primary N) is 1. The van der Waals surface area contributed by atoms with Gasteiger partial charge in [0.25, 0.3) is 0 Å². The van der Waals surface area contributed by atoms with E-state index in [0.717, 1.165) is 11.1 Å². The monoisotopic (exact) mass is 190 g/mol. The van der Waals surface area contributed by atoms with Crippen molar-refractivity contribution in [3.05, 3.63) is 29.7 Å². The van der Waals surface area contributed by atoms with Gasteiger partial charge in [-0.3, -0.25) is 0 Å². The van der Waals surface area contributed by atoms with Crippen LogP contribution in [0.1, 0.15) is 24.3 Å². The lowest BCUT2D eigenvalue weighted by Crippen LogP contribution is -2.08. The topological polar surface area (TPSA) is 52.0 Å². The molecule has 14 heavy (non-hydrogen) atoms. The Hall–Kier alpha value is -1.35. The normalized spacial score (nSPS) is 13.4. The first-order valence-corrected chi connectivity index (χ1v) is 4.78. The van der Waals surface area contributed by atoms with Crippen LogP contribution < -0.4 is 5.73 Å². The molecule has 0 bridgehead atoms. The lowest BCUT2D eigenvalue weighted by atomic mass is 10.0. The van der Waals surface area contributed by atoms with Crippen molar-refractivity contribution < 1.29 is 4.42 Å². The van der Waals surface area contributed by atoms with Crippen molar-refractivity contribution in [3.63, 3.8) is 0 Å². The molecule has 2 rings (SSSR count). The van der Waals surface area contributed by atoms with E-state index in [9.17, 15) is 0 Å². The maximum Gasteiger partial charge on any atom is 0.192 e. The van der Waals surface area contributed by atoms with Gasteiger partial charge in [-0.2, -0.15) is 0 Å². The number of aryl methyl sites for hydroxylation is 1. The molecule has 2 aromatic rings. The average Bonchev–Trinajstić information content (AvgIpc) is 2.55. The first-order valence-electron chi connectivity index (χ1n) is 4.78. The van der Waals surface area contributed by atoms with Crippen LogP contribution in [0.2, 0.25) is 0 Å². The summed E-state index contributed by atoms with van der Waals surface area (Å²) in [7, 11) is 0. The Kier molecular flexibility index (Phi) is 2.25. The van der Waals surface area contributed by atoms with Crippen molar-refractivity contribution in [2.75, 3.05) is 6.54 Å². The minimum absolute atomic E-state index is 0.372. The van der Waals surface area contributed by atoms with E-state index in [-0.39, 0.29) is 0 Å². The molecule has 0 aliphatic heterocycles. The minimum Gasteiger partial charge on any atom is -0.441 e. The van der Waals surface area contributed by atoms with Crippen LogP contribution in [0.3, 0.4) is 0 Å². The van der Waals surface area contributed by atoms with Gasteiger partial charge in [0.05, 0.1) is 0 Å². The second-order valence-corrected chi connectivity index (χ2v) is 3.60. The number of benzene rings is 1. The van der Waals surface area contributed by atoms with E-state index in [2.05, 4.69) is 11.9 Å². The Bertz CT molecular complexity index is 447. The van der Waals surface area contributed by atoms with E-state index >= 15 is 0 Å². The van der Waals surface area contributed by atoms with Crippen LogP contribution in [0.5, 0.6) is 0 Å². The number of rotatable bonds is 2. The summed E-state index contributed by atoms with van der Waals surface area (Å²) >= 11 is 0. The molecule has 0 radical (unpaired) electrons. The molecule has 3 nitrogen and oxygen atoms in total. The third-order valence-electron chi connectivity index (χ3n) is 2.44. The van der Waals surface area contributed by atoms with Crippen molar-refractivity contribution in [1.29, 1.82) is 0 Å². The van der Waals surface area contributed by atoms with Crippen LogP contribution in [0.15, 0.2) is 22.6 Å². The van der Waals surface area contributed by atoms with E-state index in [1.165, 1.54) is 5.56 Å². The van der Waals surface area contributed by atoms with Gasteiger partial charge < -0.3 is 10.2 Å². The van der Waals surface area contributed by atoms with Gasteiger partial charge in [-0.1, -0.05) is 13.0 Å². The van der Waals surface area contributed by atoms with Crippen molar-refractivity contribution in [2.45, 2.75) is 19.8 Å². The average molecular weight is 190 g/mol. The van der Waals surface area contributed by atoms with Gasteiger partial charge in [0.15, 0.2) is 11.5 Å². The van der Waals surface area contributed by atoms with Crippen molar-refractivity contribution in [1.82, 2.24) is 4.98 Å². The fraction of sp³-hybridized carbons (Fsp3) is 0.364. The Labute approximate surface area is 82.9 Å². The molecule has 0 saturated heterocycles. The van der Waals surface area contributed by atoms with Gasteiger partial charge in [-0.05, 0) is 30.2 Å². The van der Waals surface area contributed by atoms with Crippen LogP contribution in [-0.2, 0) is 0 Å². The fourth-order valence-corrected chi connectivity index (χ4v) is 1.50. The van der Waals surface area contributed by atoms with Crippen LogP contribution in [-0.4, -0.2) is 11.5 Å². The number of fused-ring (bicyclic) bond motifs is 1. The maximum atomic E-state index is 5.61. The first kappa shape index (κ1) is 9.21. The molecule has 0 saturated carbocycles. The Morgan fingerprint density at radius 3 is 3.00 bits per heavy atom. The highest BCUT2D eigenvalue weighted by Gasteiger charge is 2.07. The molecule has 0 amide bonds. The number of aromatic nitrogens is 1. The fourth-order valence-electron chi connectivity index (χ4n) is 1.50. The van der Waals surface area contributed by atoms with Crippen LogP contribution in [0, 0.1) is 6.92 Å². The van der Waals surface area contributed by atoms with Crippen molar-refractivity contribution >= 4 is 11.1 Å². The number of hydrogen-bond donors (Lipinski definition) is 1. The molecule has 1 heterocycles. The lowest BCUT2D eigenvalue weighted by Gasteiger charge is -2.07. The summed E-state index contributed by atoms with van der Waals surface area (Å²) in [5, 5.41) is 0. The highest BCUT2D eigenvalue weighted by molar-refractivity contribution is 5.73. The molecule has 1 aromatic carbocycles. The Balaban J connectivity index is 2.50. The predicted octanol–water partition coefficient (Wildman–Crippen LogP) is 2.20. The summed E-state index contributed by atoms with van der Waals surface area (Å²) in [5.74, 6) is 1.08. The van der Waals surface area contributed by atoms with Gasteiger partial charge in [0, 0.05) is 6.92 Å². The van der Waals surface area contributed by atoms with Gasteiger partial charge in [-0.15, -0.1) is 0 Å². The highest BCUT2D eigenvalue weighted by Crippen LogP contribution is 2.21. The molecule has 74 valence electrons. The molecule has 1 aromatic heterocycles. The highest BCUT2D eigenvalue weighted by atomic mass is 16.3. The summed E-state index contributed by atoms with van der Waals surface area (Å²) in [4.78, 5) is 4.28. The smallest absolute Gasteiger partial charge is 0.192 e. The van der Waals surface area contributed by atoms with Crippen LogP contribution in [0.4, 0.5) is 0 Å². The lowest BCUT2D eigenvalue weighted by molar-refractivity contribution is 0.561. The summed E-state index contributed by atoms with van der Waals surface area (Å²) in [6, 6.07) is 6.05. The van der Waals surface area contributed by atoms with Crippen LogP contribution >= 0.6 is 0 Å². The molecule has 2 N–H and O–H groups in total. The number of hydrogen-bond acceptors (Lipinski definition) is 3. The molecular weight excluding hydrogens is 176 g/mol. The molecule has 0 aliphatic rings. The van der Waals surface area contributed by atoms with Crippen LogP contribution in [0.25, 0.3) is 11.1 Å². The van der Waals surface area contributed by atoms with E-state index in [1.54, 1.807) is 0 Å². The van der Waals surface area contributed by atoms with Crippen molar-refractivity contribution in [3.8, 4) is 0 Å². The van der Waals surface area contributed by atoms with Crippen molar-refractivity contribution in [2.24, 2.45) is 5.73 Å². The summed E-state index contributed by atoms with van der Waals surface area (Å²) in [5.41, 5.74) is 8.59. The molecule has 0 fully saturated rings. The minimum atomic E-state index is 0.372. The predicted molar refractivity (Wildman–Crippen MR) is 56.2 cm³/mol. The molecular formula is C11H14N2O. The number of nitrogens with zero attached hydrogens (tertiary/aromatic N) is 1. The van der Waals surface area contributed by atoms with E-state index in [0.29, 0.717) is 18.4 Å². The Morgan fingerprint density at radius 1 is 1.50 bits per heavy atom. The van der Waals surface area contributed by atoms with E-state index in [1.807, 2.05) is 25.1 Å². The zero-order chi connectivity index (χ0) is 10.1. The molecule has 3 heteroatoms. The first-order chi connectivity index (χ1) is 6.70. The zero-order valence-corrected chi connectivity index (χ0v) is 8.45. The molecule has 0 aliphatic carbocycles. The third kappa shape index (κ3) is 1.51. The second kappa shape index (κ2) is 3.42. The maximum absolute atomic E-state index is 5.61. The summed E-state index contributed by atoms with van der Waals surface area (Å²) in [6.45, 7) is 4.61. The summed E-state index contributed by atoms with van der Waals surface area (Å²) < 4.78 is 5.39. The van der Waals surface area contributed by atoms with Gasteiger partial charge in [0.2, 0.25) is 0 Å².